The van der Waals surface area contributed by atoms with Crippen molar-refractivity contribution in [1.29, 1.82) is 0 Å². The van der Waals surface area contributed by atoms with E-state index in [1.807, 2.05) is 24.3 Å². The standard InChI is InChI=1S/C19H24N2O4S2/c1-14(2)16-5-3-15(4-6-16)13-21(17-7-8-17)27(24,25)19-11-9-18(10-12-19)26(20,22)23/h3-6,9-12,14,17H,7-8,13H2,1-2H3,(H2,20,22,23). The van der Waals surface area contributed by atoms with Crippen LogP contribution < -0.4 is 5.14 Å². The van der Waals surface area contributed by atoms with Gasteiger partial charge in [-0.25, -0.2) is 22.0 Å². The van der Waals surface area contributed by atoms with E-state index in [1.54, 1.807) is 0 Å². The largest absolute Gasteiger partial charge is 0.243 e. The number of hydrogen-bond acceptors (Lipinski definition) is 4. The molecule has 2 aromatic rings. The predicted octanol–water partition coefficient (Wildman–Crippen LogP) is 2.81. The van der Waals surface area contributed by atoms with Crippen LogP contribution in [0.15, 0.2) is 58.3 Å². The van der Waals surface area contributed by atoms with Gasteiger partial charge in [0.2, 0.25) is 20.0 Å². The van der Waals surface area contributed by atoms with Crippen molar-refractivity contribution in [2.24, 2.45) is 5.14 Å². The Morgan fingerprint density at radius 2 is 1.44 bits per heavy atom. The minimum Gasteiger partial charge on any atom is -0.225 e. The summed E-state index contributed by atoms with van der Waals surface area (Å²) in [6, 6.07) is 13.0. The van der Waals surface area contributed by atoms with Crippen molar-refractivity contribution in [2.45, 2.75) is 55.0 Å². The summed E-state index contributed by atoms with van der Waals surface area (Å²) < 4.78 is 50.5. The van der Waals surface area contributed by atoms with Crippen molar-refractivity contribution in [1.82, 2.24) is 4.31 Å². The van der Waals surface area contributed by atoms with E-state index >= 15 is 0 Å². The normalized spacial score (nSPS) is 15.4. The number of primary sulfonamides is 1. The fourth-order valence-electron chi connectivity index (χ4n) is 2.90. The van der Waals surface area contributed by atoms with Gasteiger partial charge >= 0.3 is 0 Å². The number of hydrogen-bond donors (Lipinski definition) is 1. The van der Waals surface area contributed by atoms with Gasteiger partial charge < -0.3 is 0 Å². The molecule has 0 spiro atoms. The quantitative estimate of drug-likeness (QED) is 0.762. The second kappa shape index (κ2) is 7.35. The fourth-order valence-corrected chi connectivity index (χ4v) is 5.09. The van der Waals surface area contributed by atoms with Crippen LogP contribution in [-0.2, 0) is 26.6 Å². The number of benzene rings is 2. The predicted molar refractivity (Wildman–Crippen MR) is 104 cm³/mol. The van der Waals surface area contributed by atoms with Crippen LogP contribution in [0.5, 0.6) is 0 Å². The van der Waals surface area contributed by atoms with Crippen LogP contribution in [0.2, 0.25) is 0 Å². The zero-order valence-corrected chi connectivity index (χ0v) is 17.0. The van der Waals surface area contributed by atoms with Gasteiger partial charge in [0.1, 0.15) is 0 Å². The maximum absolute atomic E-state index is 13.1. The van der Waals surface area contributed by atoms with Crippen LogP contribution in [0.3, 0.4) is 0 Å². The van der Waals surface area contributed by atoms with Crippen molar-refractivity contribution in [2.75, 3.05) is 0 Å². The SMILES string of the molecule is CC(C)c1ccc(CN(C2CC2)S(=O)(=O)c2ccc(S(N)(=O)=O)cc2)cc1. The Morgan fingerprint density at radius 3 is 1.89 bits per heavy atom. The Hall–Kier alpha value is -1.74. The summed E-state index contributed by atoms with van der Waals surface area (Å²) in [4.78, 5) is -0.0377. The molecule has 0 bridgehead atoms. The van der Waals surface area contributed by atoms with E-state index in [0.29, 0.717) is 12.5 Å². The monoisotopic (exact) mass is 408 g/mol. The average molecular weight is 409 g/mol. The number of nitrogens with zero attached hydrogens (tertiary/aromatic N) is 1. The molecule has 2 N–H and O–H groups in total. The van der Waals surface area contributed by atoms with E-state index in [9.17, 15) is 16.8 Å². The highest BCUT2D eigenvalue weighted by Crippen LogP contribution is 2.34. The zero-order chi connectivity index (χ0) is 19.8. The topological polar surface area (TPSA) is 97.5 Å². The van der Waals surface area contributed by atoms with Crippen LogP contribution >= 0.6 is 0 Å². The third kappa shape index (κ3) is 4.57. The minimum atomic E-state index is -3.86. The van der Waals surface area contributed by atoms with Crippen LogP contribution in [-0.4, -0.2) is 27.2 Å². The first kappa shape index (κ1) is 20.0. The lowest BCUT2D eigenvalue weighted by Gasteiger charge is -2.22. The molecule has 1 fully saturated rings. The Balaban J connectivity index is 1.87. The molecule has 8 heteroatoms. The van der Waals surface area contributed by atoms with Crippen molar-refractivity contribution in [3.05, 3.63) is 59.7 Å². The van der Waals surface area contributed by atoms with Crippen molar-refractivity contribution >= 4 is 20.0 Å². The molecule has 0 aliphatic heterocycles. The second-order valence-electron chi connectivity index (χ2n) is 7.19. The molecule has 0 saturated heterocycles. The van der Waals surface area contributed by atoms with Crippen molar-refractivity contribution in [3.8, 4) is 0 Å². The lowest BCUT2D eigenvalue weighted by molar-refractivity contribution is 0.398. The van der Waals surface area contributed by atoms with Gasteiger partial charge in [0.05, 0.1) is 9.79 Å². The Morgan fingerprint density at radius 1 is 0.926 bits per heavy atom. The van der Waals surface area contributed by atoms with Crippen LogP contribution in [0, 0.1) is 0 Å². The third-order valence-electron chi connectivity index (χ3n) is 4.70. The summed E-state index contributed by atoms with van der Waals surface area (Å²) in [6.45, 7) is 4.52. The van der Waals surface area contributed by atoms with Gasteiger partial charge in [-0.2, -0.15) is 4.31 Å². The number of rotatable bonds is 7. The molecule has 3 rings (SSSR count). The highest BCUT2D eigenvalue weighted by Gasteiger charge is 2.38. The first-order valence-electron chi connectivity index (χ1n) is 8.82. The van der Waals surface area contributed by atoms with Crippen LogP contribution in [0.25, 0.3) is 0 Å². The fraction of sp³-hybridized carbons (Fsp3) is 0.368. The maximum Gasteiger partial charge on any atom is 0.243 e. The molecule has 1 aliphatic rings. The summed E-state index contributed by atoms with van der Waals surface area (Å²) in [7, 11) is -7.58. The molecule has 0 amide bonds. The first-order chi connectivity index (χ1) is 12.6. The summed E-state index contributed by atoms with van der Waals surface area (Å²) in [5.41, 5.74) is 2.13. The van der Waals surface area contributed by atoms with Crippen molar-refractivity contribution in [3.63, 3.8) is 0 Å². The van der Waals surface area contributed by atoms with Crippen LogP contribution in [0.4, 0.5) is 0 Å². The van der Waals surface area contributed by atoms with E-state index in [1.165, 1.54) is 34.1 Å². The molecule has 0 heterocycles. The molecule has 27 heavy (non-hydrogen) atoms. The molecule has 6 nitrogen and oxygen atoms in total. The van der Waals surface area contributed by atoms with Gasteiger partial charge in [-0.1, -0.05) is 38.1 Å². The molecule has 0 unspecified atom stereocenters. The van der Waals surface area contributed by atoms with E-state index in [-0.39, 0.29) is 15.8 Å². The highest BCUT2D eigenvalue weighted by atomic mass is 32.2. The number of sulfonamides is 2. The van der Waals surface area contributed by atoms with Gasteiger partial charge in [-0.05, 0) is 54.2 Å². The number of nitrogens with two attached hydrogens (primary N) is 1. The molecule has 1 aliphatic carbocycles. The van der Waals surface area contributed by atoms with Gasteiger partial charge in [-0.15, -0.1) is 0 Å². The summed E-state index contributed by atoms with van der Waals surface area (Å²) in [6.07, 6.45) is 1.66. The van der Waals surface area contributed by atoms with E-state index in [4.69, 9.17) is 5.14 Å². The lowest BCUT2D eigenvalue weighted by atomic mass is 10.0. The summed E-state index contributed by atoms with van der Waals surface area (Å²) >= 11 is 0. The van der Waals surface area contributed by atoms with Gasteiger partial charge in [0, 0.05) is 12.6 Å². The third-order valence-corrected chi connectivity index (χ3v) is 7.54. The molecule has 0 atom stereocenters. The lowest BCUT2D eigenvalue weighted by Crippen LogP contribution is -2.32. The Kier molecular flexibility index (Phi) is 5.45. The van der Waals surface area contributed by atoms with Crippen molar-refractivity contribution < 1.29 is 16.8 Å². The first-order valence-corrected chi connectivity index (χ1v) is 11.8. The smallest absolute Gasteiger partial charge is 0.225 e. The molecule has 146 valence electrons. The van der Waals surface area contributed by atoms with Gasteiger partial charge in [0.15, 0.2) is 0 Å². The molecule has 0 aromatic heterocycles. The zero-order valence-electron chi connectivity index (χ0n) is 15.4. The Bertz CT molecular complexity index is 1010. The van der Waals surface area contributed by atoms with Gasteiger partial charge in [-0.3, -0.25) is 0 Å². The van der Waals surface area contributed by atoms with Crippen LogP contribution in [0.1, 0.15) is 43.7 Å². The van der Waals surface area contributed by atoms with Gasteiger partial charge in [0.25, 0.3) is 0 Å². The van der Waals surface area contributed by atoms with E-state index < -0.39 is 20.0 Å². The van der Waals surface area contributed by atoms with E-state index in [2.05, 4.69) is 13.8 Å². The Labute approximate surface area is 161 Å². The molecular formula is C19H24N2O4S2. The molecule has 2 aromatic carbocycles. The molecular weight excluding hydrogens is 384 g/mol. The summed E-state index contributed by atoms with van der Waals surface area (Å²) in [5, 5.41) is 5.08. The highest BCUT2D eigenvalue weighted by molar-refractivity contribution is 7.89. The summed E-state index contributed by atoms with van der Waals surface area (Å²) in [5.74, 6) is 0.416. The molecule has 1 saturated carbocycles. The van der Waals surface area contributed by atoms with E-state index in [0.717, 1.165) is 18.4 Å². The second-order valence-corrected chi connectivity index (χ2v) is 10.6. The average Bonchev–Trinajstić information content (AvgIpc) is 3.44. The molecule has 0 radical (unpaired) electrons. The minimum absolute atomic E-state index is 0.0160. The maximum atomic E-state index is 13.1.